The van der Waals surface area contributed by atoms with E-state index in [0.29, 0.717) is 5.69 Å². The maximum Gasteiger partial charge on any atom is 0.345 e. The molecule has 18 heavy (non-hydrogen) atoms. The van der Waals surface area contributed by atoms with Gasteiger partial charge in [0.1, 0.15) is 0 Å². The zero-order valence-electron chi connectivity index (χ0n) is 9.22. The van der Waals surface area contributed by atoms with Gasteiger partial charge in [0.25, 0.3) is 0 Å². The summed E-state index contributed by atoms with van der Waals surface area (Å²) in [4.78, 5) is 22.4. The molecule has 0 aliphatic carbocycles. The highest BCUT2D eigenvalue weighted by atomic mass is 79.9. The molecular formula is C13H8BrN3O. The fourth-order valence-electron chi connectivity index (χ4n) is 1.85. The monoisotopic (exact) mass is 301 g/mol. The van der Waals surface area contributed by atoms with Crippen LogP contribution in [-0.2, 0) is 0 Å². The van der Waals surface area contributed by atoms with E-state index in [9.17, 15) is 4.79 Å². The van der Waals surface area contributed by atoms with Crippen molar-refractivity contribution < 1.29 is 0 Å². The van der Waals surface area contributed by atoms with Crippen molar-refractivity contribution in [3.63, 3.8) is 0 Å². The fourth-order valence-corrected chi connectivity index (χ4v) is 2.21. The van der Waals surface area contributed by atoms with Crippen molar-refractivity contribution in [3.8, 4) is 11.3 Å². The minimum atomic E-state index is -0.358. The second kappa shape index (κ2) is 4.34. The van der Waals surface area contributed by atoms with E-state index in [-0.39, 0.29) is 5.69 Å². The molecule has 0 saturated heterocycles. The van der Waals surface area contributed by atoms with E-state index in [1.54, 1.807) is 12.4 Å². The Labute approximate surface area is 111 Å². The maximum absolute atomic E-state index is 11.6. The van der Waals surface area contributed by atoms with Crippen LogP contribution < -0.4 is 5.69 Å². The van der Waals surface area contributed by atoms with Crippen LogP contribution in [0.3, 0.4) is 0 Å². The van der Waals surface area contributed by atoms with Crippen LogP contribution in [0.1, 0.15) is 0 Å². The average Bonchev–Trinajstić information content (AvgIpc) is 2.39. The Bertz CT molecular complexity index is 768. The summed E-state index contributed by atoms with van der Waals surface area (Å²) in [6.07, 6.45) is 3.39. The molecule has 1 aromatic carbocycles. The lowest BCUT2D eigenvalue weighted by molar-refractivity contribution is 1.12. The molecule has 4 nitrogen and oxygen atoms in total. The Morgan fingerprint density at radius 1 is 1.22 bits per heavy atom. The number of aromatic amines is 1. The van der Waals surface area contributed by atoms with Gasteiger partial charge >= 0.3 is 5.69 Å². The number of nitrogens with one attached hydrogen (secondary N) is 1. The number of pyridine rings is 1. The van der Waals surface area contributed by atoms with E-state index >= 15 is 0 Å². The van der Waals surface area contributed by atoms with Crippen LogP contribution in [-0.4, -0.2) is 15.0 Å². The molecule has 2 heterocycles. The van der Waals surface area contributed by atoms with Gasteiger partial charge in [0, 0.05) is 27.8 Å². The lowest BCUT2D eigenvalue weighted by Crippen LogP contribution is -2.11. The van der Waals surface area contributed by atoms with Gasteiger partial charge < -0.3 is 4.98 Å². The zero-order chi connectivity index (χ0) is 12.5. The number of aromatic nitrogens is 3. The number of hydrogen-bond acceptors (Lipinski definition) is 3. The van der Waals surface area contributed by atoms with Crippen LogP contribution in [0.2, 0.25) is 0 Å². The smallest absolute Gasteiger partial charge is 0.305 e. The van der Waals surface area contributed by atoms with E-state index in [1.165, 1.54) is 0 Å². The van der Waals surface area contributed by atoms with Crippen molar-refractivity contribution in [1.82, 2.24) is 15.0 Å². The summed E-state index contributed by atoms with van der Waals surface area (Å²) in [5.41, 5.74) is 1.87. The standard InChI is InChI=1S/C13H8BrN3O/c14-9-3-4-11-10(6-9)12(17-13(18)16-11)8-2-1-5-15-7-8/h1-7H,(H,16,17,18). The van der Waals surface area contributed by atoms with Gasteiger partial charge in [-0.05, 0) is 30.3 Å². The molecule has 1 N–H and O–H groups in total. The predicted octanol–water partition coefficient (Wildman–Crippen LogP) is 2.75. The molecule has 88 valence electrons. The third-order valence-corrected chi connectivity index (χ3v) is 3.12. The molecule has 0 spiro atoms. The minimum absolute atomic E-state index is 0.358. The summed E-state index contributed by atoms with van der Waals surface area (Å²) in [6, 6.07) is 9.37. The number of hydrogen-bond donors (Lipinski definition) is 1. The third kappa shape index (κ3) is 1.93. The highest BCUT2D eigenvalue weighted by Gasteiger charge is 2.07. The number of nitrogens with zero attached hydrogens (tertiary/aromatic N) is 2. The van der Waals surface area contributed by atoms with Gasteiger partial charge in [-0.25, -0.2) is 4.79 Å². The summed E-state index contributed by atoms with van der Waals surface area (Å²) in [6.45, 7) is 0. The molecule has 0 aliphatic heterocycles. The summed E-state index contributed by atoms with van der Waals surface area (Å²) in [7, 11) is 0. The Hall–Kier alpha value is -2.01. The van der Waals surface area contributed by atoms with E-state index in [2.05, 4.69) is 30.9 Å². The van der Waals surface area contributed by atoms with Gasteiger partial charge in [-0.1, -0.05) is 15.9 Å². The molecule has 0 atom stereocenters. The number of benzene rings is 1. The number of H-pyrrole nitrogens is 1. The Morgan fingerprint density at radius 3 is 2.89 bits per heavy atom. The van der Waals surface area contributed by atoms with Crippen LogP contribution >= 0.6 is 15.9 Å². The van der Waals surface area contributed by atoms with Crippen molar-refractivity contribution >= 4 is 26.8 Å². The van der Waals surface area contributed by atoms with Crippen molar-refractivity contribution in [3.05, 3.63) is 57.7 Å². The maximum atomic E-state index is 11.6. The van der Waals surface area contributed by atoms with Crippen LogP contribution in [0.15, 0.2) is 52.0 Å². The molecule has 3 rings (SSSR count). The molecule has 3 aromatic rings. The SMILES string of the molecule is O=c1nc(-c2cccnc2)c2cc(Br)ccc2[nH]1. The second-order valence-electron chi connectivity index (χ2n) is 3.82. The first kappa shape index (κ1) is 11.1. The minimum Gasteiger partial charge on any atom is -0.305 e. The quantitative estimate of drug-likeness (QED) is 0.752. The fraction of sp³-hybridized carbons (Fsp3) is 0. The normalized spacial score (nSPS) is 10.7. The molecule has 2 aromatic heterocycles. The molecule has 0 saturated carbocycles. The molecular weight excluding hydrogens is 294 g/mol. The van der Waals surface area contributed by atoms with Crippen molar-refractivity contribution in [2.45, 2.75) is 0 Å². The van der Waals surface area contributed by atoms with Crippen LogP contribution in [0.5, 0.6) is 0 Å². The van der Waals surface area contributed by atoms with Crippen molar-refractivity contribution in [2.75, 3.05) is 0 Å². The van der Waals surface area contributed by atoms with E-state index in [0.717, 1.165) is 20.9 Å². The van der Waals surface area contributed by atoms with Gasteiger partial charge in [0.15, 0.2) is 0 Å². The van der Waals surface area contributed by atoms with Crippen molar-refractivity contribution in [1.29, 1.82) is 0 Å². The summed E-state index contributed by atoms with van der Waals surface area (Å²) in [5.74, 6) is 0. The molecule has 0 fully saturated rings. The third-order valence-electron chi connectivity index (χ3n) is 2.63. The van der Waals surface area contributed by atoms with Crippen molar-refractivity contribution in [2.24, 2.45) is 0 Å². The topological polar surface area (TPSA) is 58.6 Å². The Morgan fingerprint density at radius 2 is 2.11 bits per heavy atom. The first-order valence-electron chi connectivity index (χ1n) is 5.34. The molecule has 0 radical (unpaired) electrons. The molecule has 0 amide bonds. The highest BCUT2D eigenvalue weighted by Crippen LogP contribution is 2.26. The van der Waals surface area contributed by atoms with E-state index in [1.807, 2.05) is 30.3 Å². The molecule has 0 aliphatic rings. The first-order valence-corrected chi connectivity index (χ1v) is 6.13. The average molecular weight is 302 g/mol. The van der Waals surface area contributed by atoms with Gasteiger partial charge in [0.2, 0.25) is 0 Å². The van der Waals surface area contributed by atoms with Gasteiger partial charge in [-0.15, -0.1) is 0 Å². The summed E-state index contributed by atoms with van der Waals surface area (Å²) in [5, 5.41) is 0.886. The molecule has 5 heteroatoms. The number of halogens is 1. The second-order valence-corrected chi connectivity index (χ2v) is 4.74. The van der Waals surface area contributed by atoms with E-state index in [4.69, 9.17) is 0 Å². The molecule has 0 bridgehead atoms. The summed E-state index contributed by atoms with van der Waals surface area (Å²) >= 11 is 3.42. The molecule has 0 unspecified atom stereocenters. The Kier molecular flexibility index (Phi) is 2.68. The van der Waals surface area contributed by atoms with Gasteiger partial charge in [-0.2, -0.15) is 4.98 Å². The predicted molar refractivity (Wildman–Crippen MR) is 73.3 cm³/mol. The van der Waals surface area contributed by atoms with Gasteiger partial charge in [0.05, 0.1) is 11.2 Å². The van der Waals surface area contributed by atoms with Crippen LogP contribution in [0.25, 0.3) is 22.2 Å². The largest absolute Gasteiger partial charge is 0.345 e. The number of fused-ring (bicyclic) bond motifs is 1. The zero-order valence-corrected chi connectivity index (χ0v) is 10.8. The highest BCUT2D eigenvalue weighted by molar-refractivity contribution is 9.10. The van der Waals surface area contributed by atoms with E-state index < -0.39 is 0 Å². The summed E-state index contributed by atoms with van der Waals surface area (Å²) < 4.78 is 0.939. The lowest BCUT2D eigenvalue weighted by atomic mass is 10.1. The first-order chi connectivity index (χ1) is 8.74. The van der Waals surface area contributed by atoms with Crippen LogP contribution in [0, 0.1) is 0 Å². The Balaban J connectivity index is 2.41. The van der Waals surface area contributed by atoms with Gasteiger partial charge in [-0.3, -0.25) is 4.98 Å². The lowest BCUT2D eigenvalue weighted by Gasteiger charge is -2.05. The van der Waals surface area contributed by atoms with Crippen LogP contribution in [0.4, 0.5) is 0 Å². The number of rotatable bonds is 1.